The smallest absolute Gasteiger partial charge is 0.189 e. The third kappa shape index (κ3) is 2.26. The van der Waals surface area contributed by atoms with Gasteiger partial charge in [-0.1, -0.05) is 11.8 Å². The quantitative estimate of drug-likeness (QED) is 0.654. The van der Waals surface area contributed by atoms with Gasteiger partial charge in [-0.3, -0.25) is 4.98 Å². The Morgan fingerprint density at radius 1 is 1.39 bits per heavy atom. The maximum Gasteiger partial charge on any atom is 0.189 e. The SMILES string of the molecule is CSc1nc(N)c(C#N)c(-c2ccnc(C)c2)n1. The van der Waals surface area contributed by atoms with E-state index in [0.29, 0.717) is 16.4 Å². The second kappa shape index (κ2) is 5.02. The van der Waals surface area contributed by atoms with E-state index in [2.05, 4.69) is 21.0 Å². The van der Waals surface area contributed by atoms with Gasteiger partial charge in [-0.15, -0.1) is 0 Å². The minimum atomic E-state index is 0.210. The Morgan fingerprint density at radius 3 is 2.78 bits per heavy atom. The minimum absolute atomic E-state index is 0.210. The first-order chi connectivity index (χ1) is 8.65. The van der Waals surface area contributed by atoms with Crippen LogP contribution in [-0.4, -0.2) is 21.2 Å². The van der Waals surface area contributed by atoms with Crippen molar-refractivity contribution in [2.45, 2.75) is 12.1 Å². The highest BCUT2D eigenvalue weighted by Gasteiger charge is 2.13. The summed E-state index contributed by atoms with van der Waals surface area (Å²) in [5.74, 6) is 0.210. The molecule has 2 aromatic heterocycles. The van der Waals surface area contributed by atoms with Gasteiger partial charge in [0.2, 0.25) is 0 Å². The van der Waals surface area contributed by atoms with Crippen molar-refractivity contribution in [3.63, 3.8) is 0 Å². The molecule has 0 fully saturated rings. The largest absolute Gasteiger partial charge is 0.382 e. The number of hydrogen-bond acceptors (Lipinski definition) is 6. The molecule has 0 amide bonds. The summed E-state index contributed by atoms with van der Waals surface area (Å²) in [6, 6.07) is 5.73. The number of aromatic nitrogens is 3. The summed E-state index contributed by atoms with van der Waals surface area (Å²) in [5, 5.41) is 9.71. The molecule has 2 rings (SSSR count). The van der Waals surface area contributed by atoms with Crippen LogP contribution in [0.5, 0.6) is 0 Å². The minimum Gasteiger partial charge on any atom is -0.382 e. The summed E-state index contributed by atoms with van der Waals surface area (Å²) >= 11 is 1.39. The van der Waals surface area contributed by atoms with Gasteiger partial charge >= 0.3 is 0 Å². The molecule has 2 aromatic rings. The monoisotopic (exact) mass is 257 g/mol. The summed E-state index contributed by atoms with van der Waals surface area (Å²) < 4.78 is 0. The third-order valence-electron chi connectivity index (χ3n) is 2.38. The lowest BCUT2D eigenvalue weighted by atomic mass is 10.1. The van der Waals surface area contributed by atoms with Crippen molar-refractivity contribution in [2.75, 3.05) is 12.0 Å². The van der Waals surface area contributed by atoms with Crippen LogP contribution in [0.3, 0.4) is 0 Å². The molecule has 5 nitrogen and oxygen atoms in total. The van der Waals surface area contributed by atoms with Gasteiger partial charge in [0.25, 0.3) is 0 Å². The molecule has 90 valence electrons. The van der Waals surface area contributed by atoms with Crippen LogP contribution in [0.2, 0.25) is 0 Å². The predicted octanol–water partition coefficient (Wildman–Crippen LogP) is 2.02. The second-order valence-electron chi connectivity index (χ2n) is 3.62. The zero-order valence-electron chi connectivity index (χ0n) is 10.0. The maximum atomic E-state index is 9.16. The van der Waals surface area contributed by atoms with Gasteiger partial charge in [0.1, 0.15) is 17.5 Å². The highest BCUT2D eigenvalue weighted by atomic mass is 32.2. The Labute approximate surface area is 109 Å². The molecule has 0 bridgehead atoms. The zero-order chi connectivity index (χ0) is 13.1. The Balaban J connectivity index is 2.69. The van der Waals surface area contributed by atoms with Crippen LogP contribution in [0.25, 0.3) is 11.3 Å². The highest BCUT2D eigenvalue weighted by Crippen LogP contribution is 2.26. The normalized spacial score (nSPS) is 10.1. The van der Waals surface area contributed by atoms with E-state index < -0.39 is 0 Å². The average Bonchev–Trinajstić information content (AvgIpc) is 2.37. The number of hydrogen-bond donors (Lipinski definition) is 1. The number of aryl methyl sites for hydroxylation is 1. The van der Waals surface area contributed by atoms with Gasteiger partial charge in [0.05, 0.1) is 5.69 Å². The maximum absolute atomic E-state index is 9.16. The van der Waals surface area contributed by atoms with E-state index in [0.717, 1.165) is 11.3 Å². The second-order valence-corrected chi connectivity index (χ2v) is 4.39. The average molecular weight is 257 g/mol. The molecule has 0 aliphatic heterocycles. The van der Waals surface area contributed by atoms with Crippen molar-refractivity contribution in [3.8, 4) is 17.3 Å². The van der Waals surface area contributed by atoms with E-state index in [1.807, 2.05) is 19.2 Å². The topological polar surface area (TPSA) is 88.5 Å². The highest BCUT2D eigenvalue weighted by molar-refractivity contribution is 7.98. The Bertz CT molecular complexity index is 633. The molecule has 2 N–H and O–H groups in total. The van der Waals surface area contributed by atoms with Gasteiger partial charge in [0, 0.05) is 17.5 Å². The molecular weight excluding hydrogens is 246 g/mol. The Kier molecular flexibility index (Phi) is 3.44. The van der Waals surface area contributed by atoms with Crippen molar-refractivity contribution in [1.82, 2.24) is 15.0 Å². The Morgan fingerprint density at radius 2 is 2.17 bits per heavy atom. The Hall–Kier alpha value is -2.13. The first-order valence-electron chi connectivity index (χ1n) is 5.20. The van der Waals surface area contributed by atoms with E-state index in [-0.39, 0.29) is 5.82 Å². The molecule has 0 unspecified atom stereocenters. The standard InChI is InChI=1S/C12H11N5S/c1-7-5-8(3-4-15-7)10-9(6-13)11(14)17-12(16-10)18-2/h3-5H,1-2H3,(H2,14,16,17). The van der Waals surface area contributed by atoms with Crippen molar-refractivity contribution < 1.29 is 0 Å². The molecule has 0 aromatic carbocycles. The number of nitrogen functional groups attached to an aromatic ring is 1. The fourth-order valence-electron chi connectivity index (χ4n) is 1.56. The number of rotatable bonds is 2. The molecule has 0 aliphatic carbocycles. The van der Waals surface area contributed by atoms with E-state index in [1.165, 1.54) is 11.8 Å². The molecule has 0 atom stereocenters. The van der Waals surface area contributed by atoms with Crippen LogP contribution in [0.4, 0.5) is 5.82 Å². The number of pyridine rings is 1. The van der Waals surface area contributed by atoms with Crippen LogP contribution < -0.4 is 5.73 Å². The fourth-order valence-corrected chi connectivity index (χ4v) is 1.93. The number of nitriles is 1. The van der Waals surface area contributed by atoms with Crippen LogP contribution >= 0.6 is 11.8 Å². The molecule has 6 heteroatoms. The number of thioether (sulfide) groups is 1. The number of nitrogens with zero attached hydrogens (tertiary/aromatic N) is 4. The lowest BCUT2D eigenvalue weighted by molar-refractivity contribution is 0.977. The summed E-state index contributed by atoms with van der Waals surface area (Å²) in [6.07, 6.45) is 3.55. The van der Waals surface area contributed by atoms with E-state index in [4.69, 9.17) is 11.0 Å². The van der Waals surface area contributed by atoms with Crippen LogP contribution in [-0.2, 0) is 0 Å². The van der Waals surface area contributed by atoms with E-state index in [1.54, 1.807) is 12.3 Å². The van der Waals surface area contributed by atoms with Crippen molar-refractivity contribution >= 4 is 17.6 Å². The number of anilines is 1. The van der Waals surface area contributed by atoms with Gasteiger partial charge in [-0.2, -0.15) is 5.26 Å². The van der Waals surface area contributed by atoms with Crippen molar-refractivity contribution in [1.29, 1.82) is 5.26 Å². The van der Waals surface area contributed by atoms with E-state index >= 15 is 0 Å². The van der Waals surface area contributed by atoms with Gasteiger partial charge in [-0.05, 0) is 25.3 Å². The van der Waals surface area contributed by atoms with Gasteiger partial charge in [0.15, 0.2) is 5.16 Å². The van der Waals surface area contributed by atoms with Crippen molar-refractivity contribution in [3.05, 3.63) is 29.6 Å². The lowest BCUT2D eigenvalue weighted by Gasteiger charge is -2.07. The summed E-state index contributed by atoms with van der Waals surface area (Å²) in [6.45, 7) is 1.88. The third-order valence-corrected chi connectivity index (χ3v) is 2.93. The van der Waals surface area contributed by atoms with Crippen LogP contribution in [0.15, 0.2) is 23.5 Å². The van der Waals surface area contributed by atoms with Gasteiger partial charge in [-0.25, -0.2) is 9.97 Å². The molecule has 2 heterocycles. The first kappa shape index (κ1) is 12.3. The lowest BCUT2D eigenvalue weighted by Crippen LogP contribution is -2.02. The molecule has 0 saturated carbocycles. The summed E-state index contributed by atoms with van der Waals surface area (Å²) in [5.41, 5.74) is 8.32. The van der Waals surface area contributed by atoms with Gasteiger partial charge < -0.3 is 5.73 Å². The summed E-state index contributed by atoms with van der Waals surface area (Å²) in [4.78, 5) is 12.5. The molecular formula is C12H11N5S. The molecule has 0 aliphatic rings. The zero-order valence-corrected chi connectivity index (χ0v) is 10.8. The molecule has 18 heavy (non-hydrogen) atoms. The molecule has 0 radical (unpaired) electrons. The first-order valence-corrected chi connectivity index (χ1v) is 6.42. The summed E-state index contributed by atoms with van der Waals surface area (Å²) in [7, 11) is 0. The molecule has 0 saturated heterocycles. The molecule has 0 spiro atoms. The van der Waals surface area contributed by atoms with E-state index in [9.17, 15) is 0 Å². The van der Waals surface area contributed by atoms with Crippen LogP contribution in [0.1, 0.15) is 11.3 Å². The predicted molar refractivity (Wildman–Crippen MR) is 70.9 cm³/mol. The van der Waals surface area contributed by atoms with Crippen molar-refractivity contribution in [2.24, 2.45) is 0 Å². The fraction of sp³-hybridized carbons (Fsp3) is 0.167. The van der Waals surface area contributed by atoms with Crippen LogP contribution in [0, 0.1) is 18.3 Å². The number of nitrogens with two attached hydrogens (primary N) is 1.